The Bertz CT molecular complexity index is 5680. The van der Waals surface area contributed by atoms with Gasteiger partial charge in [-0.25, -0.2) is 0 Å². The molecule has 0 N–H and O–H groups in total. The lowest BCUT2D eigenvalue weighted by Crippen LogP contribution is -2.32. The molecule has 0 saturated carbocycles. The standard InChI is InChI=1S/C132H150/c1-5-9-13-17-21-25-29-33-37-43-58-99-76-88-117-118-89-77-100(59-44-38-34-30-26-22-18-14-10-6-2)93-126(118)131(125(117)92-99,109-84-80-103(81-85-109)113-72-56-74-121-123(113)96-107-66-51-53-70-115(107)129(121)105-62-47-41-48-63-105)111-68-55-69-112(98-111)132(110-86-82-104(83-87-110)114-73-57-75-122-124(114)97-108-67-52-54-71-116(108)130(122)106-64-49-42-50-65-106)127-94-101(60-45-39-35-31-27-23-19-15-11-7-3)78-90-119(127)120-91-79-102(95-128(120)132)61-46-40-36-32-28-24-20-16-12-8-4/h41-42,47-57,62-98H,5-40,43-46,58-61H2,1-4H3. The summed E-state index contributed by atoms with van der Waals surface area (Å²) < 4.78 is 0. The topological polar surface area (TPSA) is 0 Å². The zero-order valence-electron chi connectivity index (χ0n) is 81.0. The van der Waals surface area contributed by atoms with Gasteiger partial charge in [-0.1, -0.05) is 550 Å². The van der Waals surface area contributed by atoms with Gasteiger partial charge in [0.25, 0.3) is 0 Å². The largest absolute Gasteiger partial charge is 0.0713 e. The van der Waals surface area contributed by atoms with E-state index >= 15 is 0 Å². The summed E-state index contributed by atoms with van der Waals surface area (Å²) in [5, 5.41) is 10.2. The van der Waals surface area contributed by atoms with E-state index in [1.165, 1.54) is 433 Å². The molecule has 678 valence electrons. The summed E-state index contributed by atoms with van der Waals surface area (Å²) in [6.07, 6.45) is 57.4. The molecule has 2 aliphatic carbocycles. The van der Waals surface area contributed by atoms with Crippen LogP contribution in [0, 0.1) is 0 Å². The molecule has 17 rings (SSSR count). The Kier molecular flexibility index (Phi) is 33.0. The van der Waals surface area contributed by atoms with Gasteiger partial charge in [0.1, 0.15) is 0 Å². The molecule has 15 aromatic rings. The quantitative estimate of drug-likeness (QED) is 0.0263. The lowest BCUT2D eigenvalue weighted by molar-refractivity contribution is 0.556. The normalized spacial score (nSPS) is 12.9. The van der Waals surface area contributed by atoms with E-state index in [1.807, 2.05) is 0 Å². The Balaban J connectivity index is 0.852. The Morgan fingerprint density at radius 1 is 0.159 bits per heavy atom. The van der Waals surface area contributed by atoms with Crippen molar-refractivity contribution in [2.24, 2.45) is 0 Å². The van der Waals surface area contributed by atoms with E-state index in [-0.39, 0.29) is 0 Å². The minimum absolute atomic E-state index is 0.711. The zero-order chi connectivity index (χ0) is 89.9. The predicted octanol–water partition coefficient (Wildman–Crippen LogP) is 39.5. The van der Waals surface area contributed by atoms with Crippen molar-refractivity contribution >= 4 is 43.1 Å². The third-order valence-electron chi connectivity index (χ3n) is 30.7. The van der Waals surface area contributed by atoms with Gasteiger partial charge in [0.05, 0.1) is 10.8 Å². The van der Waals surface area contributed by atoms with Crippen molar-refractivity contribution in [3.63, 3.8) is 0 Å². The molecule has 132 heavy (non-hydrogen) atoms. The average Bonchev–Trinajstić information content (AvgIpc) is 1.52. The molecule has 0 heteroatoms. The first-order valence-corrected chi connectivity index (χ1v) is 53.3. The lowest BCUT2D eigenvalue weighted by atomic mass is 9.63. The Hall–Kier alpha value is -10.7. The van der Waals surface area contributed by atoms with Crippen molar-refractivity contribution in [3.05, 3.63) is 370 Å². The molecule has 0 fully saturated rings. The van der Waals surface area contributed by atoms with Gasteiger partial charge in [-0.15, -0.1) is 0 Å². The van der Waals surface area contributed by atoms with Crippen LogP contribution in [0.4, 0.5) is 0 Å². The Morgan fingerprint density at radius 2 is 0.417 bits per heavy atom. The van der Waals surface area contributed by atoms with Gasteiger partial charge in [-0.3, -0.25) is 0 Å². The fourth-order valence-electron chi connectivity index (χ4n) is 23.6. The molecular formula is C132H150. The molecule has 0 amide bonds. The predicted molar refractivity (Wildman–Crippen MR) is 575 cm³/mol. The maximum Gasteiger partial charge on any atom is 0.0713 e. The van der Waals surface area contributed by atoms with E-state index in [4.69, 9.17) is 0 Å². The van der Waals surface area contributed by atoms with Gasteiger partial charge in [0.2, 0.25) is 0 Å². The summed E-state index contributed by atoms with van der Waals surface area (Å²) in [7, 11) is 0. The number of benzene rings is 15. The molecule has 2 aliphatic rings. The van der Waals surface area contributed by atoms with Gasteiger partial charge in [-0.05, 0) is 240 Å². The third-order valence-corrected chi connectivity index (χ3v) is 30.7. The minimum atomic E-state index is -0.711. The molecule has 0 unspecified atom stereocenters. The summed E-state index contributed by atoms with van der Waals surface area (Å²) in [6.45, 7) is 9.34. The van der Waals surface area contributed by atoms with Gasteiger partial charge in [0, 0.05) is 0 Å². The van der Waals surface area contributed by atoms with Crippen molar-refractivity contribution in [3.8, 4) is 66.8 Å². The number of fused-ring (bicyclic) bond motifs is 10. The molecule has 0 saturated heterocycles. The molecule has 0 heterocycles. The van der Waals surface area contributed by atoms with Crippen LogP contribution in [0.1, 0.15) is 351 Å². The number of hydrogen-bond donors (Lipinski definition) is 0. The van der Waals surface area contributed by atoms with E-state index < -0.39 is 10.8 Å². The number of hydrogen-bond acceptors (Lipinski definition) is 0. The van der Waals surface area contributed by atoms with Gasteiger partial charge >= 0.3 is 0 Å². The number of rotatable bonds is 52. The van der Waals surface area contributed by atoms with E-state index in [0.29, 0.717) is 0 Å². The van der Waals surface area contributed by atoms with Gasteiger partial charge < -0.3 is 0 Å². The lowest BCUT2D eigenvalue weighted by Gasteiger charge is -2.38. The molecule has 0 radical (unpaired) electrons. The van der Waals surface area contributed by atoms with Crippen molar-refractivity contribution in [2.45, 2.75) is 321 Å². The molecule has 15 aromatic carbocycles. The van der Waals surface area contributed by atoms with Crippen LogP contribution in [-0.2, 0) is 36.5 Å². The first kappa shape index (κ1) is 93.2. The molecule has 0 atom stereocenters. The second kappa shape index (κ2) is 46.8. The van der Waals surface area contributed by atoms with E-state index in [1.54, 1.807) is 0 Å². The third kappa shape index (κ3) is 21.1. The van der Waals surface area contributed by atoms with E-state index in [9.17, 15) is 0 Å². The van der Waals surface area contributed by atoms with Crippen molar-refractivity contribution in [2.75, 3.05) is 0 Å². The molecule has 0 nitrogen and oxygen atoms in total. The number of aryl methyl sites for hydroxylation is 4. The maximum absolute atomic E-state index is 2.80. The summed E-state index contributed by atoms with van der Waals surface area (Å²) in [5.74, 6) is 0. The fourth-order valence-corrected chi connectivity index (χ4v) is 23.6. The second-order valence-corrected chi connectivity index (χ2v) is 40.0. The highest BCUT2D eigenvalue weighted by Gasteiger charge is 2.50. The van der Waals surface area contributed by atoms with E-state index in [2.05, 4.69) is 331 Å². The van der Waals surface area contributed by atoms with Crippen molar-refractivity contribution < 1.29 is 0 Å². The smallest absolute Gasteiger partial charge is 0.0654 e. The molecule has 0 aliphatic heterocycles. The minimum Gasteiger partial charge on any atom is -0.0654 e. The van der Waals surface area contributed by atoms with Gasteiger partial charge in [-0.2, -0.15) is 0 Å². The molecule has 0 spiro atoms. The average molecular weight is 1740 g/mol. The Morgan fingerprint density at radius 3 is 0.712 bits per heavy atom. The van der Waals surface area contributed by atoms with Crippen molar-refractivity contribution in [1.29, 1.82) is 0 Å². The SMILES string of the molecule is CCCCCCCCCCCCc1ccc2c(c1)C(c1ccc(-c3cccc4c(-c5ccccc5)c5ccccc5cc34)cc1)(c1cccc(C3(c4ccc(-c5cccc6c(-c7ccccc7)c7ccccc7cc56)cc4)c4cc(CCCCCCCCCCCC)ccc4-c4ccc(CCCCCCCCCCCC)cc43)c1)c1cc(CCCCCCCCCCCC)ccc1-2. The monoisotopic (exact) mass is 1740 g/mol. The fraction of sp³-hybridized carbons (Fsp3) is 0.379. The molecule has 0 aromatic heterocycles. The van der Waals surface area contributed by atoms with Crippen molar-refractivity contribution in [1.82, 2.24) is 0 Å². The summed E-state index contributed by atoms with van der Waals surface area (Å²) in [6, 6.07) is 122. The van der Waals surface area contributed by atoms with Crippen LogP contribution in [-0.4, -0.2) is 0 Å². The molecule has 0 bridgehead atoms. The van der Waals surface area contributed by atoms with Crippen LogP contribution in [0.2, 0.25) is 0 Å². The summed E-state index contributed by atoms with van der Waals surface area (Å²) in [4.78, 5) is 0. The van der Waals surface area contributed by atoms with E-state index in [0.717, 1.165) is 25.7 Å². The highest BCUT2D eigenvalue weighted by Crippen LogP contribution is 2.61. The first-order chi connectivity index (χ1) is 65.4. The van der Waals surface area contributed by atoms with Crippen LogP contribution in [0.5, 0.6) is 0 Å². The van der Waals surface area contributed by atoms with Crippen LogP contribution < -0.4 is 0 Å². The Labute approximate surface area is 795 Å². The zero-order valence-corrected chi connectivity index (χ0v) is 81.0. The molecular weight excluding hydrogens is 1590 g/mol. The maximum atomic E-state index is 2.80. The van der Waals surface area contributed by atoms with Crippen LogP contribution in [0.15, 0.2) is 303 Å². The van der Waals surface area contributed by atoms with Crippen LogP contribution in [0.3, 0.4) is 0 Å². The number of unbranched alkanes of at least 4 members (excludes halogenated alkanes) is 36. The summed E-state index contributed by atoms with van der Waals surface area (Å²) in [5.41, 5.74) is 31.0. The van der Waals surface area contributed by atoms with Crippen LogP contribution in [0.25, 0.3) is 110 Å². The highest BCUT2D eigenvalue weighted by molar-refractivity contribution is 6.17. The van der Waals surface area contributed by atoms with Gasteiger partial charge in [0.15, 0.2) is 0 Å². The second-order valence-electron chi connectivity index (χ2n) is 40.0. The summed E-state index contributed by atoms with van der Waals surface area (Å²) >= 11 is 0. The van der Waals surface area contributed by atoms with Crippen LogP contribution >= 0.6 is 0 Å². The first-order valence-electron chi connectivity index (χ1n) is 53.3. The highest BCUT2D eigenvalue weighted by atomic mass is 14.5.